The molecule has 0 spiro atoms. The van der Waals surface area contributed by atoms with Gasteiger partial charge in [-0.3, -0.25) is 5.01 Å². The Hall–Kier alpha value is -2.78. The van der Waals surface area contributed by atoms with Crippen LogP contribution >= 0.6 is 23.2 Å². The van der Waals surface area contributed by atoms with E-state index in [4.69, 9.17) is 37.8 Å². The van der Waals surface area contributed by atoms with Gasteiger partial charge in [-0.1, -0.05) is 41.4 Å². The number of ether oxygens (including phenoxy) is 2. The molecule has 3 aromatic carbocycles. The Kier molecular flexibility index (Phi) is 7.33. The standard InChI is InChI=1S/C24H23Cl2N3O4S/c1-32-19-9-6-16(7-10-19)24-13-18(28-29(24)23-11-8-17(25)12-22(23)26)15-27-34(30,31)21-5-3-4-20(14-21)33-2/h3-12,14,24,27H,13,15H2,1-2H3. The van der Waals surface area contributed by atoms with Gasteiger partial charge in [0.25, 0.3) is 0 Å². The molecule has 1 unspecified atom stereocenters. The zero-order valence-electron chi connectivity index (χ0n) is 18.5. The summed E-state index contributed by atoms with van der Waals surface area (Å²) in [6, 6.07) is 19.0. The van der Waals surface area contributed by atoms with Crippen molar-refractivity contribution < 1.29 is 17.9 Å². The average molecular weight is 520 g/mol. The van der Waals surface area contributed by atoms with E-state index in [0.29, 0.717) is 33.6 Å². The molecule has 7 nitrogen and oxygen atoms in total. The molecule has 0 radical (unpaired) electrons. The topological polar surface area (TPSA) is 80.2 Å². The molecule has 1 heterocycles. The first-order valence-corrected chi connectivity index (χ1v) is 12.6. The Morgan fingerprint density at radius 1 is 1.00 bits per heavy atom. The number of hydrogen-bond acceptors (Lipinski definition) is 6. The molecule has 0 saturated carbocycles. The summed E-state index contributed by atoms with van der Waals surface area (Å²) in [5, 5.41) is 7.49. The van der Waals surface area contributed by atoms with Crippen molar-refractivity contribution in [3.63, 3.8) is 0 Å². The maximum Gasteiger partial charge on any atom is 0.241 e. The number of halogens is 2. The van der Waals surface area contributed by atoms with Gasteiger partial charge >= 0.3 is 0 Å². The molecule has 10 heteroatoms. The van der Waals surface area contributed by atoms with Crippen LogP contribution < -0.4 is 19.2 Å². The van der Waals surface area contributed by atoms with Crippen LogP contribution in [0.1, 0.15) is 18.0 Å². The van der Waals surface area contributed by atoms with Crippen molar-refractivity contribution in [2.24, 2.45) is 5.10 Å². The van der Waals surface area contributed by atoms with Crippen LogP contribution in [0.25, 0.3) is 0 Å². The zero-order chi connectivity index (χ0) is 24.3. The Labute approximate surface area is 208 Å². The monoisotopic (exact) mass is 519 g/mol. The van der Waals surface area contributed by atoms with Gasteiger partial charge in [-0.15, -0.1) is 0 Å². The number of nitrogens with one attached hydrogen (secondary N) is 1. The number of hydrazone groups is 1. The fourth-order valence-corrected chi connectivity index (χ4v) is 5.23. The SMILES string of the molecule is COc1ccc(C2CC(CNS(=O)(=O)c3cccc(OC)c3)=NN2c2ccc(Cl)cc2Cl)cc1. The second-order valence-electron chi connectivity index (χ2n) is 7.60. The van der Waals surface area contributed by atoms with Crippen LogP contribution in [0, 0.1) is 0 Å². The van der Waals surface area contributed by atoms with Crippen molar-refractivity contribution in [1.29, 1.82) is 0 Å². The predicted molar refractivity (Wildman–Crippen MR) is 135 cm³/mol. The van der Waals surface area contributed by atoms with Crippen LogP contribution in [0.3, 0.4) is 0 Å². The van der Waals surface area contributed by atoms with Crippen LogP contribution in [0.2, 0.25) is 10.0 Å². The molecule has 0 saturated heterocycles. The molecule has 178 valence electrons. The second-order valence-corrected chi connectivity index (χ2v) is 10.2. The lowest BCUT2D eigenvalue weighted by molar-refractivity contribution is 0.413. The van der Waals surface area contributed by atoms with Crippen molar-refractivity contribution >= 4 is 44.6 Å². The normalized spacial score (nSPS) is 15.8. The summed E-state index contributed by atoms with van der Waals surface area (Å²) in [7, 11) is -0.657. The molecule has 0 aromatic heterocycles. The fourth-order valence-electron chi connectivity index (χ4n) is 3.68. The number of nitrogens with zero attached hydrogens (tertiary/aromatic N) is 2. The molecule has 1 atom stereocenters. The number of anilines is 1. The van der Waals surface area contributed by atoms with Gasteiger partial charge in [0.05, 0.1) is 48.1 Å². The molecule has 34 heavy (non-hydrogen) atoms. The van der Waals surface area contributed by atoms with Crippen LogP contribution in [-0.2, 0) is 10.0 Å². The van der Waals surface area contributed by atoms with Crippen LogP contribution in [0.5, 0.6) is 11.5 Å². The maximum atomic E-state index is 12.8. The molecule has 0 aliphatic carbocycles. The zero-order valence-corrected chi connectivity index (χ0v) is 20.9. The maximum absolute atomic E-state index is 12.8. The highest BCUT2D eigenvalue weighted by Crippen LogP contribution is 2.40. The van der Waals surface area contributed by atoms with Gasteiger partial charge in [0, 0.05) is 17.5 Å². The summed E-state index contributed by atoms with van der Waals surface area (Å²) < 4.78 is 38.7. The number of sulfonamides is 1. The van der Waals surface area contributed by atoms with Crippen molar-refractivity contribution in [2.75, 3.05) is 25.8 Å². The summed E-state index contributed by atoms with van der Waals surface area (Å²) in [6.07, 6.45) is 0.506. The van der Waals surface area contributed by atoms with E-state index in [-0.39, 0.29) is 17.5 Å². The fraction of sp³-hybridized carbons (Fsp3) is 0.208. The largest absolute Gasteiger partial charge is 0.497 e. The molecule has 1 aliphatic rings. The Bertz CT molecular complexity index is 1310. The van der Waals surface area contributed by atoms with Crippen molar-refractivity contribution in [2.45, 2.75) is 17.4 Å². The second kappa shape index (κ2) is 10.2. The van der Waals surface area contributed by atoms with Crippen molar-refractivity contribution in [3.05, 3.63) is 82.3 Å². The third kappa shape index (κ3) is 5.31. The third-order valence-electron chi connectivity index (χ3n) is 5.45. The molecule has 1 N–H and O–H groups in total. The average Bonchev–Trinajstić information content (AvgIpc) is 3.27. The van der Waals surface area contributed by atoms with Crippen LogP contribution in [0.15, 0.2) is 76.7 Å². The molecule has 0 fully saturated rings. The van der Waals surface area contributed by atoms with Gasteiger partial charge in [0.15, 0.2) is 0 Å². The summed E-state index contributed by atoms with van der Waals surface area (Å²) in [4.78, 5) is 0.120. The van der Waals surface area contributed by atoms with Gasteiger partial charge in [0.2, 0.25) is 10.0 Å². The molecule has 3 aromatic rings. The Morgan fingerprint density at radius 2 is 1.74 bits per heavy atom. The number of benzene rings is 3. The lowest BCUT2D eigenvalue weighted by Gasteiger charge is -2.25. The first-order chi connectivity index (χ1) is 16.3. The minimum Gasteiger partial charge on any atom is -0.497 e. The smallest absolute Gasteiger partial charge is 0.241 e. The van der Waals surface area contributed by atoms with E-state index >= 15 is 0 Å². The lowest BCUT2D eigenvalue weighted by atomic mass is 10.0. The van der Waals surface area contributed by atoms with Crippen molar-refractivity contribution in [3.8, 4) is 11.5 Å². The Balaban J connectivity index is 1.60. The Morgan fingerprint density at radius 3 is 2.41 bits per heavy atom. The van der Waals surface area contributed by atoms with Crippen LogP contribution in [-0.4, -0.2) is 34.9 Å². The first-order valence-electron chi connectivity index (χ1n) is 10.4. The molecule has 4 rings (SSSR count). The quantitative estimate of drug-likeness (QED) is 0.436. The van der Waals surface area contributed by atoms with E-state index < -0.39 is 10.0 Å². The molecule has 1 aliphatic heterocycles. The summed E-state index contributed by atoms with van der Waals surface area (Å²) in [6.45, 7) is 0.0495. The molecule has 0 bridgehead atoms. The van der Waals surface area contributed by atoms with E-state index in [1.165, 1.54) is 19.2 Å². The minimum atomic E-state index is -3.76. The van der Waals surface area contributed by atoms with E-state index in [1.54, 1.807) is 42.5 Å². The highest BCUT2D eigenvalue weighted by Gasteiger charge is 2.31. The summed E-state index contributed by atoms with van der Waals surface area (Å²) in [5.41, 5.74) is 2.33. The van der Waals surface area contributed by atoms with Crippen LogP contribution in [0.4, 0.5) is 5.69 Å². The first kappa shape index (κ1) is 24.3. The summed E-state index contributed by atoms with van der Waals surface area (Å²) >= 11 is 12.6. The van der Waals surface area contributed by atoms with E-state index in [2.05, 4.69) is 4.72 Å². The van der Waals surface area contributed by atoms with E-state index in [9.17, 15) is 8.42 Å². The predicted octanol–water partition coefficient (Wildman–Crippen LogP) is 5.30. The van der Waals surface area contributed by atoms with Gasteiger partial charge in [-0.25, -0.2) is 13.1 Å². The van der Waals surface area contributed by atoms with E-state index in [0.717, 1.165) is 11.3 Å². The number of rotatable bonds is 8. The highest BCUT2D eigenvalue weighted by molar-refractivity contribution is 7.89. The summed E-state index contributed by atoms with van der Waals surface area (Å²) in [5.74, 6) is 1.20. The molecular weight excluding hydrogens is 497 g/mol. The third-order valence-corrected chi connectivity index (χ3v) is 7.38. The molecule has 0 amide bonds. The number of hydrogen-bond donors (Lipinski definition) is 1. The van der Waals surface area contributed by atoms with Gasteiger partial charge < -0.3 is 9.47 Å². The van der Waals surface area contributed by atoms with Gasteiger partial charge in [0.1, 0.15) is 11.5 Å². The minimum absolute atomic E-state index is 0.0495. The van der Waals surface area contributed by atoms with Crippen molar-refractivity contribution in [1.82, 2.24) is 4.72 Å². The number of methoxy groups -OCH3 is 2. The van der Waals surface area contributed by atoms with E-state index in [1.807, 2.05) is 24.3 Å². The highest BCUT2D eigenvalue weighted by atomic mass is 35.5. The van der Waals surface area contributed by atoms with Gasteiger partial charge in [-0.05, 0) is 48.0 Å². The lowest BCUT2D eigenvalue weighted by Crippen LogP contribution is -2.29. The molecular formula is C24H23Cl2N3O4S. The van der Waals surface area contributed by atoms with Gasteiger partial charge in [-0.2, -0.15) is 5.10 Å².